The highest BCUT2D eigenvalue weighted by Gasteiger charge is 2.24. The second-order valence-electron chi connectivity index (χ2n) is 8.81. The third-order valence-corrected chi connectivity index (χ3v) is 6.78. The van der Waals surface area contributed by atoms with Crippen molar-refractivity contribution in [2.45, 2.75) is 6.92 Å². The lowest BCUT2D eigenvalue weighted by Gasteiger charge is -2.36. The summed E-state index contributed by atoms with van der Waals surface area (Å²) in [5, 5.41) is 6.35. The quantitative estimate of drug-likeness (QED) is 0.328. The normalized spacial score (nSPS) is 13.3. The van der Waals surface area contributed by atoms with Crippen molar-refractivity contribution >= 4 is 58.2 Å². The average molecular weight is 549 g/mol. The van der Waals surface area contributed by atoms with Crippen LogP contribution in [0.3, 0.4) is 0 Å². The zero-order valence-electron chi connectivity index (χ0n) is 21.2. The first-order valence-corrected chi connectivity index (χ1v) is 13.0. The molecule has 0 bridgehead atoms. The van der Waals surface area contributed by atoms with Crippen LogP contribution < -0.4 is 20.3 Å². The number of methoxy groups -OCH3 is 1. The van der Waals surface area contributed by atoms with E-state index in [-0.39, 0.29) is 16.9 Å². The van der Waals surface area contributed by atoms with Crippen LogP contribution in [-0.2, 0) is 4.79 Å². The molecule has 2 N–H and O–H groups in total. The Morgan fingerprint density at radius 3 is 2.37 bits per heavy atom. The van der Waals surface area contributed by atoms with E-state index >= 15 is 0 Å². The lowest BCUT2D eigenvalue weighted by molar-refractivity contribution is -0.115. The Bertz CT molecular complexity index is 1350. The zero-order valence-corrected chi connectivity index (χ0v) is 22.8. The van der Waals surface area contributed by atoms with Crippen LogP contribution in [0.25, 0.3) is 6.08 Å². The third-order valence-electron chi connectivity index (χ3n) is 6.27. The molecule has 0 aliphatic carbocycles. The van der Waals surface area contributed by atoms with Crippen LogP contribution in [0.15, 0.2) is 72.8 Å². The predicted octanol–water partition coefficient (Wildman–Crippen LogP) is 5.15. The number of hydrogen-bond donors (Lipinski definition) is 2. The SMILES string of the molecule is COc1ccc(C=CC(=O)NC(=S)Nc2ccc(N3CCN(C(=O)c4ccccc4C)CC3)c(Cl)c2)cc1. The number of piperazine rings is 1. The molecule has 0 radical (unpaired) electrons. The summed E-state index contributed by atoms with van der Waals surface area (Å²) in [5.74, 6) is 0.457. The van der Waals surface area contributed by atoms with E-state index in [4.69, 9.17) is 28.6 Å². The molecule has 1 heterocycles. The number of ether oxygens (including phenoxy) is 1. The van der Waals surface area contributed by atoms with Gasteiger partial charge in [0, 0.05) is 43.5 Å². The van der Waals surface area contributed by atoms with Gasteiger partial charge in [-0.1, -0.05) is 41.9 Å². The molecule has 38 heavy (non-hydrogen) atoms. The lowest BCUT2D eigenvalue weighted by Crippen LogP contribution is -2.49. The number of nitrogens with one attached hydrogen (secondary N) is 2. The van der Waals surface area contributed by atoms with Gasteiger partial charge < -0.3 is 19.9 Å². The molecule has 1 saturated heterocycles. The zero-order chi connectivity index (χ0) is 27.1. The molecule has 9 heteroatoms. The van der Waals surface area contributed by atoms with Crippen LogP contribution in [0.4, 0.5) is 11.4 Å². The number of halogens is 1. The topological polar surface area (TPSA) is 73.9 Å². The summed E-state index contributed by atoms with van der Waals surface area (Å²) >= 11 is 11.9. The van der Waals surface area contributed by atoms with Gasteiger partial charge in [0.05, 0.1) is 17.8 Å². The van der Waals surface area contributed by atoms with Gasteiger partial charge in [-0.25, -0.2) is 0 Å². The molecule has 7 nitrogen and oxygen atoms in total. The highest BCUT2D eigenvalue weighted by molar-refractivity contribution is 7.80. The number of carbonyl (C=O) groups is 2. The van der Waals surface area contributed by atoms with Gasteiger partial charge in [-0.3, -0.25) is 14.9 Å². The van der Waals surface area contributed by atoms with Gasteiger partial charge in [0.1, 0.15) is 5.75 Å². The van der Waals surface area contributed by atoms with E-state index in [1.165, 1.54) is 6.08 Å². The first-order chi connectivity index (χ1) is 18.3. The molecule has 1 aliphatic heterocycles. The van der Waals surface area contributed by atoms with Crippen LogP contribution in [0.5, 0.6) is 5.75 Å². The highest BCUT2D eigenvalue weighted by Crippen LogP contribution is 2.30. The summed E-state index contributed by atoms with van der Waals surface area (Å²) in [6, 6.07) is 20.5. The molecule has 2 amide bonds. The molecule has 4 rings (SSSR count). The Labute approximate surface area is 233 Å². The Morgan fingerprint density at radius 2 is 1.71 bits per heavy atom. The van der Waals surface area contributed by atoms with Crippen molar-refractivity contribution in [2.24, 2.45) is 0 Å². The molecule has 0 saturated carbocycles. The van der Waals surface area contributed by atoms with E-state index in [1.807, 2.05) is 72.5 Å². The molecule has 0 atom stereocenters. The van der Waals surface area contributed by atoms with Gasteiger partial charge in [-0.2, -0.15) is 0 Å². The molecular weight excluding hydrogens is 520 g/mol. The molecule has 1 aliphatic rings. The third kappa shape index (κ3) is 6.90. The van der Waals surface area contributed by atoms with Crippen molar-refractivity contribution in [3.05, 3.63) is 94.5 Å². The number of thiocarbonyl (C=S) groups is 1. The van der Waals surface area contributed by atoms with E-state index < -0.39 is 0 Å². The summed E-state index contributed by atoms with van der Waals surface area (Å²) in [7, 11) is 1.60. The van der Waals surface area contributed by atoms with Gasteiger partial charge in [-0.15, -0.1) is 0 Å². The van der Waals surface area contributed by atoms with Crippen LogP contribution in [0, 0.1) is 6.92 Å². The standard InChI is InChI=1S/C29H29ClN4O3S/c1-20-5-3-4-6-24(20)28(36)34-17-15-33(16-18-34)26-13-10-22(19-25(26)30)31-29(38)32-27(35)14-9-21-7-11-23(37-2)12-8-21/h3-14,19H,15-18H2,1-2H3,(H2,31,32,35,38). The number of rotatable bonds is 6. The molecule has 0 unspecified atom stereocenters. The van der Waals surface area contributed by atoms with Crippen LogP contribution in [-0.4, -0.2) is 55.1 Å². The average Bonchev–Trinajstić information content (AvgIpc) is 2.92. The van der Waals surface area contributed by atoms with Crippen LogP contribution in [0.1, 0.15) is 21.5 Å². The summed E-state index contributed by atoms with van der Waals surface area (Å²) in [5.41, 5.74) is 4.14. The summed E-state index contributed by atoms with van der Waals surface area (Å²) < 4.78 is 5.13. The van der Waals surface area contributed by atoms with Gasteiger partial charge in [0.15, 0.2) is 5.11 Å². The van der Waals surface area contributed by atoms with Crippen molar-refractivity contribution < 1.29 is 14.3 Å². The van der Waals surface area contributed by atoms with E-state index in [2.05, 4.69) is 15.5 Å². The summed E-state index contributed by atoms with van der Waals surface area (Å²) in [6.45, 7) is 4.54. The minimum absolute atomic E-state index is 0.0581. The van der Waals surface area contributed by atoms with E-state index in [0.29, 0.717) is 36.9 Å². The number of hydrogen-bond acceptors (Lipinski definition) is 5. The Morgan fingerprint density at radius 1 is 1.00 bits per heavy atom. The van der Waals surface area contributed by atoms with Crippen molar-refractivity contribution in [3.63, 3.8) is 0 Å². The number of aryl methyl sites for hydroxylation is 1. The Kier molecular flexibility index (Phi) is 8.99. The number of benzene rings is 3. The minimum Gasteiger partial charge on any atom is -0.497 e. The van der Waals surface area contributed by atoms with Gasteiger partial charge in [0.25, 0.3) is 5.91 Å². The lowest BCUT2D eigenvalue weighted by atomic mass is 10.1. The maximum Gasteiger partial charge on any atom is 0.254 e. The largest absolute Gasteiger partial charge is 0.497 e. The molecule has 3 aromatic carbocycles. The van der Waals surface area contributed by atoms with E-state index in [9.17, 15) is 9.59 Å². The number of anilines is 2. The maximum absolute atomic E-state index is 12.9. The monoisotopic (exact) mass is 548 g/mol. The molecule has 3 aromatic rings. The second-order valence-corrected chi connectivity index (χ2v) is 9.63. The summed E-state index contributed by atoms with van der Waals surface area (Å²) in [6.07, 6.45) is 3.10. The van der Waals surface area contributed by atoms with Gasteiger partial charge in [-0.05, 0) is 72.7 Å². The molecule has 0 spiro atoms. The van der Waals surface area contributed by atoms with E-state index in [0.717, 1.165) is 28.1 Å². The van der Waals surface area contributed by atoms with E-state index in [1.54, 1.807) is 19.3 Å². The van der Waals surface area contributed by atoms with Crippen LogP contribution >= 0.6 is 23.8 Å². The van der Waals surface area contributed by atoms with Gasteiger partial charge in [0.2, 0.25) is 5.91 Å². The fraction of sp³-hybridized carbons (Fsp3) is 0.207. The fourth-order valence-corrected chi connectivity index (χ4v) is 4.70. The van der Waals surface area contributed by atoms with Crippen LogP contribution in [0.2, 0.25) is 5.02 Å². The molecule has 0 aromatic heterocycles. The predicted molar refractivity (Wildman–Crippen MR) is 157 cm³/mol. The smallest absolute Gasteiger partial charge is 0.254 e. The first kappa shape index (κ1) is 27.2. The van der Waals surface area contributed by atoms with Crippen molar-refractivity contribution in [1.29, 1.82) is 0 Å². The van der Waals surface area contributed by atoms with Crippen molar-refractivity contribution in [1.82, 2.24) is 10.2 Å². The highest BCUT2D eigenvalue weighted by atomic mass is 35.5. The molecular formula is C29H29ClN4O3S. The number of nitrogens with zero attached hydrogens (tertiary/aromatic N) is 2. The Balaban J connectivity index is 1.28. The van der Waals surface area contributed by atoms with Crippen molar-refractivity contribution in [3.8, 4) is 5.75 Å². The maximum atomic E-state index is 12.9. The number of amides is 2. The number of carbonyl (C=O) groups excluding carboxylic acids is 2. The first-order valence-electron chi connectivity index (χ1n) is 12.2. The summed E-state index contributed by atoms with van der Waals surface area (Å²) in [4.78, 5) is 29.2. The molecule has 1 fully saturated rings. The molecule has 196 valence electrons. The van der Waals surface area contributed by atoms with Gasteiger partial charge >= 0.3 is 0 Å². The fourth-order valence-electron chi connectivity index (χ4n) is 4.18. The van der Waals surface area contributed by atoms with Crippen molar-refractivity contribution in [2.75, 3.05) is 43.5 Å². The Hall–Kier alpha value is -3.88. The second kappa shape index (κ2) is 12.6. The minimum atomic E-state index is -0.348.